The number of carbonyl (C=O) groups is 1. The average molecular weight is 462 g/mol. The predicted molar refractivity (Wildman–Crippen MR) is 121 cm³/mol. The first-order chi connectivity index (χ1) is 15.8. The van der Waals surface area contributed by atoms with Gasteiger partial charge in [0, 0.05) is 65.1 Å². The van der Waals surface area contributed by atoms with Gasteiger partial charge in [0.1, 0.15) is 5.82 Å². The fourth-order valence-electron chi connectivity index (χ4n) is 4.35. The van der Waals surface area contributed by atoms with Crippen LogP contribution in [0.2, 0.25) is 0 Å². The molecule has 9 heteroatoms. The van der Waals surface area contributed by atoms with Gasteiger partial charge in [0.2, 0.25) is 5.91 Å². The van der Waals surface area contributed by atoms with Gasteiger partial charge in [0.05, 0.1) is 12.1 Å². The number of benzene rings is 1. The zero-order valence-electron chi connectivity index (χ0n) is 18.9. The van der Waals surface area contributed by atoms with Crippen molar-refractivity contribution in [2.45, 2.75) is 19.6 Å². The molecule has 0 saturated carbocycles. The lowest BCUT2D eigenvalue weighted by atomic mass is 10.1. The third-order valence-corrected chi connectivity index (χ3v) is 6.51. The first-order valence-corrected chi connectivity index (χ1v) is 11.3. The lowest BCUT2D eigenvalue weighted by Gasteiger charge is -2.38. The van der Waals surface area contributed by atoms with Crippen molar-refractivity contribution in [3.8, 4) is 0 Å². The molecule has 33 heavy (non-hydrogen) atoms. The van der Waals surface area contributed by atoms with Gasteiger partial charge in [0.25, 0.3) is 0 Å². The molecule has 3 heterocycles. The molecule has 0 bridgehead atoms. The van der Waals surface area contributed by atoms with E-state index >= 15 is 0 Å². The molecule has 1 aromatic heterocycles. The second-order valence-electron chi connectivity index (χ2n) is 8.75. The van der Waals surface area contributed by atoms with Crippen molar-refractivity contribution in [1.82, 2.24) is 19.7 Å². The summed E-state index contributed by atoms with van der Waals surface area (Å²) in [6.45, 7) is 9.26. The molecule has 1 aromatic carbocycles. The minimum atomic E-state index is -4.38. The highest BCUT2D eigenvalue weighted by atomic mass is 19.4. The highest BCUT2D eigenvalue weighted by Crippen LogP contribution is 2.29. The van der Waals surface area contributed by atoms with Crippen molar-refractivity contribution in [3.63, 3.8) is 0 Å². The third kappa shape index (κ3) is 6.03. The number of aryl methyl sites for hydroxylation is 1. The fourth-order valence-corrected chi connectivity index (χ4v) is 4.35. The number of nitrogens with zero attached hydrogens (tertiary/aromatic N) is 5. The van der Waals surface area contributed by atoms with Crippen molar-refractivity contribution >= 4 is 11.7 Å². The number of halogens is 3. The van der Waals surface area contributed by atoms with E-state index in [1.165, 1.54) is 17.2 Å². The topological polar surface area (TPSA) is 42.9 Å². The van der Waals surface area contributed by atoms with Gasteiger partial charge >= 0.3 is 6.18 Å². The van der Waals surface area contributed by atoms with Crippen LogP contribution in [0.1, 0.15) is 16.7 Å². The number of anilines is 1. The summed E-state index contributed by atoms with van der Waals surface area (Å²) >= 11 is 0. The van der Waals surface area contributed by atoms with E-state index in [1.807, 2.05) is 9.80 Å². The Labute approximate surface area is 192 Å². The number of hydrogen-bond donors (Lipinski definition) is 0. The summed E-state index contributed by atoms with van der Waals surface area (Å²) < 4.78 is 38.2. The van der Waals surface area contributed by atoms with E-state index in [2.05, 4.69) is 46.0 Å². The Morgan fingerprint density at radius 2 is 1.58 bits per heavy atom. The zero-order valence-corrected chi connectivity index (χ0v) is 18.9. The Balaban J connectivity index is 1.20. The first kappa shape index (κ1) is 23.5. The van der Waals surface area contributed by atoms with Crippen LogP contribution in [0.5, 0.6) is 0 Å². The molecule has 6 nitrogen and oxygen atoms in total. The van der Waals surface area contributed by atoms with Gasteiger partial charge in [-0.15, -0.1) is 0 Å². The molecule has 2 fully saturated rings. The van der Waals surface area contributed by atoms with Crippen molar-refractivity contribution in [2.75, 3.05) is 63.8 Å². The molecular formula is C24H30F3N5O. The minimum Gasteiger partial charge on any atom is -0.354 e. The molecule has 0 spiro atoms. The number of rotatable bonds is 5. The Bertz CT molecular complexity index is 934. The number of hydrogen-bond acceptors (Lipinski definition) is 5. The molecule has 1 amide bonds. The number of aromatic nitrogens is 1. The predicted octanol–water partition coefficient (Wildman–Crippen LogP) is 2.88. The van der Waals surface area contributed by atoms with Crippen LogP contribution in [0.25, 0.3) is 0 Å². The summed E-state index contributed by atoms with van der Waals surface area (Å²) in [6.07, 6.45) is -3.50. The molecule has 2 aromatic rings. The van der Waals surface area contributed by atoms with Gasteiger partial charge in [0.15, 0.2) is 0 Å². The molecule has 0 atom stereocenters. The van der Waals surface area contributed by atoms with Crippen molar-refractivity contribution < 1.29 is 18.0 Å². The standard InChI is InChI=1S/C24H30F3N5O/c1-19-4-2-3-5-20(19)17-29-10-14-32(15-11-29)23(33)18-30-8-12-31(13-9-30)22-7-6-21(16-28-22)24(25,26)27/h2-7,16H,8-15,17-18H2,1H3. The lowest BCUT2D eigenvalue weighted by Crippen LogP contribution is -2.53. The van der Waals surface area contributed by atoms with Crippen LogP contribution in [0.3, 0.4) is 0 Å². The number of piperazine rings is 2. The lowest BCUT2D eigenvalue weighted by molar-refractivity contribution is -0.138. The third-order valence-electron chi connectivity index (χ3n) is 6.51. The van der Waals surface area contributed by atoms with E-state index in [9.17, 15) is 18.0 Å². The Morgan fingerprint density at radius 1 is 0.909 bits per heavy atom. The molecular weight excluding hydrogens is 431 g/mol. The molecule has 0 aliphatic carbocycles. The van der Waals surface area contributed by atoms with Gasteiger partial charge in [-0.2, -0.15) is 13.2 Å². The van der Waals surface area contributed by atoms with Crippen molar-refractivity contribution in [1.29, 1.82) is 0 Å². The Kier molecular flexibility index (Phi) is 7.19. The monoisotopic (exact) mass is 461 g/mol. The van der Waals surface area contributed by atoms with Gasteiger partial charge in [-0.3, -0.25) is 14.6 Å². The van der Waals surface area contributed by atoms with Crippen molar-refractivity contribution in [3.05, 3.63) is 59.3 Å². The van der Waals surface area contributed by atoms with Crippen LogP contribution in [0.15, 0.2) is 42.6 Å². The van der Waals surface area contributed by atoms with Crippen LogP contribution < -0.4 is 4.90 Å². The molecule has 0 unspecified atom stereocenters. The average Bonchev–Trinajstić information content (AvgIpc) is 2.81. The molecule has 2 saturated heterocycles. The second-order valence-corrected chi connectivity index (χ2v) is 8.75. The summed E-state index contributed by atoms with van der Waals surface area (Å²) in [5.41, 5.74) is 1.88. The molecule has 0 N–H and O–H groups in total. The Morgan fingerprint density at radius 3 is 2.18 bits per heavy atom. The SMILES string of the molecule is Cc1ccccc1CN1CCN(C(=O)CN2CCN(c3ccc(C(F)(F)F)cn3)CC2)CC1. The highest BCUT2D eigenvalue weighted by Gasteiger charge is 2.31. The maximum atomic E-state index is 12.8. The van der Waals surface area contributed by atoms with E-state index in [0.717, 1.165) is 45.0 Å². The summed E-state index contributed by atoms with van der Waals surface area (Å²) in [7, 11) is 0. The van der Waals surface area contributed by atoms with Crippen LogP contribution in [0, 0.1) is 6.92 Å². The summed E-state index contributed by atoms with van der Waals surface area (Å²) in [6, 6.07) is 10.9. The van der Waals surface area contributed by atoms with E-state index in [1.54, 1.807) is 0 Å². The van der Waals surface area contributed by atoms with Gasteiger partial charge in [-0.25, -0.2) is 4.98 Å². The van der Waals surface area contributed by atoms with Crippen LogP contribution in [-0.4, -0.2) is 84.5 Å². The summed E-state index contributed by atoms with van der Waals surface area (Å²) in [5, 5.41) is 0. The van der Waals surface area contributed by atoms with Crippen LogP contribution in [0.4, 0.5) is 19.0 Å². The molecule has 0 radical (unpaired) electrons. The number of amides is 1. The molecule has 4 rings (SSSR count). The first-order valence-electron chi connectivity index (χ1n) is 11.3. The van der Waals surface area contributed by atoms with E-state index in [-0.39, 0.29) is 5.91 Å². The normalized spacial score (nSPS) is 18.5. The largest absolute Gasteiger partial charge is 0.417 e. The van der Waals surface area contributed by atoms with E-state index in [4.69, 9.17) is 0 Å². The Hall–Kier alpha value is -2.65. The van der Waals surface area contributed by atoms with E-state index in [0.29, 0.717) is 38.5 Å². The van der Waals surface area contributed by atoms with Crippen LogP contribution >= 0.6 is 0 Å². The maximum absolute atomic E-state index is 12.8. The number of alkyl halides is 3. The number of carbonyl (C=O) groups excluding carboxylic acids is 1. The molecule has 178 valence electrons. The van der Waals surface area contributed by atoms with E-state index < -0.39 is 11.7 Å². The van der Waals surface area contributed by atoms with Crippen molar-refractivity contribution in [2.24, 2.45) is 0 Å². The minimum absolute atomic E-state index is 0.145. The quantitative estimate of drug-likeness (QED) is 0.685. The smallest absolute Gasteiger partial charge is 0.354 e. The summed E-state index contributed by atoms with van der Waals surface area (Å²) in [4.78, 5) is 25.2. The maximum Gasteiger partial charge on any atom is 0.417 e. The fraction of sp³-hybridized carbons (Fsp3) is 0.500. The van der Waals surface area contributed by atoms with Crippen LogP contribution in [-0.2, 0) is 17.5 Å². The van der Waals surface area contributed by atoms with Gasteiger partial charge in [-0.05, 0) is 30.2 Å². The molecule has 2 aliphatic rings. The van der Waals surface area contributed by atoms with Gasteiger partial charge < -0.3 is 9.80 Å². The van der Waals surface area contributed by atoms with Gasteiger partial charge in [-0.1, -0.05) is 24.3 Å². The number of pyridine rings is 1. The molecule has 2 aliphatic heterocycles. The second kappa shape index (κ2) is 10.1. The summed E-state index contributed by atoms with van der Waals surface area (Å²) in [5.74, 6) is 0.686. The highest BCUT2D eigenvalue weighted by molar-refractivity contribution is 5.78. The zero-order chi connectivity index (χ0) is 23.4.